The topological polar surface area (TPSA) is 69.4 Å². The standard InChI is InChI=1S/C16H15NO3/c1-11-4-2-3-5-14(11)15(18)10-20-13-8-6-12(7-9-13)16(17)19/h2-9H,10H2,1H3,(H2,17,19). The summed E-state index contributed by atoms with van der Waals surface area (Å²) >= 11 is 0. The summed E-state index contributed by atoms with van der Waals surface area (Å²) in [6.07, 6.45) is 0. The van der Waals surface area contributed by atoms with Crippen LogP contribution in [-0.2, 0) is 0 Å². The van der Waals surface area contributed by atoms with Crippen LogP contribution < -0.4 is 10.5 Å². The highest BCUT2D eigenvalue weighted by molar-refractivity contribution is 5.98. The zero-order valence-electron chi connectivity index (χ0n) is 11.1. The lowest BCUT2D eigenvalue weighted by atomic mass is 10.1. The molecule has 0 aromatic heterocycles. The molecule has 0 saturated heterocycles. The van der Waals surface area contributed by atoms with Crippen molar-refractivity contribution < 1.29 is 14.3 Å². The van der Waals surface area contributed by atoms with Crippen LogP contribution in [0.2, 0.25) is 0 Å². The first-order valence-electron chi connectivity index (χ1n) is 6.19. The van der Waals surface area contributed by atoms with E-state index in [1.807, 2.05) is 25.1 Å². The molecule has 0 aliphatic heterocycles. The fourth-order valence-corrected chi connectivity index (χ4v) is 1.83. The normalized spacial score (nSPS) is 10.1. The van der Waals surface area contributed by atoms with Crippen molar-refractivity contribution in [3.05, 3.63) is 65.2 Å². The van der Waals surface area contributed by atoms with Crippen molar-refractivity contribution >= 4 is 11.7 Å². The maximum Gasteiger partial charge on any atom is 0.248 e. The maximum atomic E-state index is 12.0. The molecular weight excluding hydrogens is 254 g/mol. The summed E-state index contributed by atoms with van der Waals surface area (Å²) < 4.78 is 5.41. The summed E-state index contributed by atoms with van der Waals surface area (Å²) in [7, 11) is 0. The molecule has 0 saturated carbocycles. The van der Waals surface area contributed by atoms with Gasteiger partial charge in [0.2, 0.25) is 5.91 Å². The van der Waals surface area contributed by atoms with E-state index in [1.54, 1.807) is 30.3 Å². The van der Waals surface area contributed by atoms with Crippen LogP contribution in [0.5, 0.6) is 5.75 Å². The lowest BCUT2D eigenvalue weighted by Gasteiger charge is -2.07. The molecule has 4 nitrogen and oxygen atoms in total. The number of hydrogen-bond acceptors (Lipinski definition) is 3. The number of nitrogens with two attached hydrogens (primary N) is 1. The number of aryl methyl sites for hydroxylation is 1. The van der Waals surface area contributed by atoms with Crippen LogP contribution in [0.1, 0.15) is 26.3 Å². The van der Waals surface area contributed by atoms with Gasteiger partial charge in [-0.05, 0) is 36.8 Å². The van der Waals surface area contributed by atoms with Crippen molar-refractivity contribution in [3.63, 3.8) is 0 Å². The largest absolute Gasteiger partial charge is 0.485 e. The van der Waals surface area contributed by atoms with Gasteiger partial charge in [0.1, 0.15) is 5.75 Å². The van der Waals surface area contributed by atoms with Gasteiger partial charge >= 0.3 is 0 Å². The van der Waals surface area contributed by atoms with Crippen molar-refractivity contribution in [1.29, 1.82) is 0 Å². The molecule has 0 spiro atoms. The molecule has 2 aromatic carbocycles. The molecule has 2 rings (SSSR count). The second-order valence-electron chi connectivity index (χ2n) is 4.42. The number of carbonyl (C=O) groups is 2. The first-order valence-corrected chi connectivity index (χ1v) is 6.19. The Bertz CT molecular complexity index is 632. The first kappa shape index (κ1) is 13.8. The third-order valence-electron chi connectivity index (χ3n) is 2.95. The molecule has 0 aliphatic carbocycles. The van der Waals surface area contributed by atoms with Crippen molar-refractivity contribution in [2.24, 2.45) is 5.73 Å². The Hall–Kier alpha value is -2.62. The molecule has 0 aliphatic rings. The maximum absolute atomic E-state index is 12.0. The molecule has 2 aromatic rings. The first-order chi connectivity index (χ1) is 9.58. The minimum absolute atomic E-state index is 0.0409. The summed E-state index contributed by atoms with van der Waals surface area (Å²) in [6, 6.07) is 13.7. The van der Waals surface area contributed by atoms with Crippen molar-refractivity contribution in [2.75, 3.05) is 6.61 Å². The molecule has 1 amide bonds. The van der Waals surface area contributed by atoms with Gasteiger partial charge in [0, 0.05) is 11.1 Å². The van der Waals surface area contributed by atoms with E-state index in [0.717, 1.165) is 5.56 Å². The predicted octanol–water partition coefficient (Wildman–Crippen LogP) is 2.36. The van der Waals surface area contributed by atoms with E-state index in [4.69, 9.17) is 10.5 Å². The number of benzene rings is 2. The van der Waals surface area contributed by atoms with Crippen LogP contribution in [-0.4, -0.2) is 18.3 Å². The SMILES string of the molecule is Cc1ccccc1C(=O)COc1ccc(C(N)=O)cc1. The summed E-state index contributed by atoms with van der Waals surface area (Å²) in [4.78, 5) is 22.9. The van der Waals surface area contributed by atoms with Gasteiger partial charge in [0.05, 0.1) is 0 Å². The summed E-state index contributed by atoms with van der Waals surface area (Å²) in [5, 5.41) is 0. The highest BCUT2D eigenvalue weighted by atomic mass is 16.5. The Kier molecular flexibility index (Phi) is 4.15. The monoisotopic (exact) mass is 269 g/mol. The van der Waals surface area contributed by atoms with E-state index in [0.29, 0.717) is 16.9 Å². The van der Waals surface area contributed by atoms with Crippen molar-refractivity contribution in [1.82, 2.24) is 0 Å². The van der Waals surface area contributed by atoms with Crippen LogP contribution in [0.3, 0.4) is 0 Å². The third kappa shape index (κ3) is 3.23. The van der Waals surface area contributed by atoms with Gasteiger partial charge in [-0.15, -0.1) is 0 Å². The molecule has 2 N–H and O–H groups in total. The van der Waals surface area contributed by atoms with Gasteiger partial charge in [-0.1, -0.05) is 24.3 Å². The lowest BCUT2D eigenvalue weighted by molar-refractivity contribution is 0.0919. The Morgan fingerprint density at radius 1 is 1.05 bits per heavy atom. The predicted molar refractivity (Wildman–Crippen MR) is 76.0 cm³/mol. The van der Waals surface area contributed by atoms with Gasteiger partial charge in [0.15, 0.2) is 12.4 Å². The van der Waals surface area contributed by atoms with Gasteiger partial charge in [0.25, 0.3) is 0 Å². The second-order valence-corrected chi connectivity index (χ2v) is 4.42. The van der Waals surface area contributed by atoms with E-state index in [1.165, 1.54) is 0 Å². The quantitative estimate of drug-likeness (QED) is 0.847. The number of carbonyl (C=O) groups excluding carboxylic acids is 2. The van der Waals surface area contributed by atoms with E-state index in [9.17, 15) is 9.59 Å². The molecule has 20 heavy (non-hydrogen) atoms. The Balaban J connectivity index is 2.00. The highest BCUT2D eigenvalue weighted by Crippen LogP contribution is 2.13. The molecule has 0 heterocycles. The van der Waals surface area contributed by atoms with Gasteiger partial charge in [-0.2, -0.15) is 0 Å². The number of primary amides is 1. The molecule has 4 heteroatoms. The van der Waals surface area contributed by atoms with Gasteiger partial charge in [-0.3, -0.25) is 9.59 Å². The van der Waals surface area contributed by atoms with Gasteiger partial charge in [-0.25, -0.2) is 0 Å². The zero-order valence-corrected chi connectivity index (χ0v) is 11.1. The molecule has 0 bridgehead atoms. The summed E-state index contributed by atoms with van der Waals surface area (Å²) in [5.74, 6) is -0.0495. The van der Waals surface area contributed by atoms with E-state index in [-0.39, 0.29) is 12.4 Å². The number of rotatable bonds is 5. The average Bonchev–Trinajstić information content (AvgIpc) is 2.45. The smallest absolute Gasteiger partial charge is 0.248 e. The lowest BCUT2D eigenvalue weighted by Crippen LogP contribution is -2.13. The Labute approximate surface area is 117 Å². The number of Topliss-reactive ketones (excluding diaryl/α,β-unsaturated/α-hetero) is 1. The van der Waals surface area contributed by atoms with Crippen LogP contribution in [0, 0.1) is 6.92 Å². The van der Waals surface area contributed by atoms with Crippen LogP contribution in [0.25, 0.3) is 0 Å². The number of ketones is 1. The number of ether oxygens (including phenoxy) is 1. The molecule has 0 fully saturated rings. The molecule has 0 radical (unpaired) electrons. The van der Waals surface area contributed by atoms with E-state index < -0.39 is 5.91 Å². The van der Waals surface area contributed by atoms with E-state index >= 15 is 0 Å². The number of hydrogen-bond donors (Lipinski definition) is 1. The fourth-order valence-electron chi connectivity index (χ4n) is 1.83. The fraction of sp³-hybridized carbons (Fsp3) is 0.125. The minimum atomic E-state index is -0.493. The average molecular weight is 269 g/mol. The number of amides is 1. The van der Waals surface area contributed by atoms with Crippen LogP contribution in [0.15, 0.2) is 48.5 Å². The molecule has 102 valence electrons. The summed E-state index contributed by atoms with van der Waals surface area (Å²) in [6.45, 7) is 1.84. The minimum Gasteiger partial charge on any atom is -0.485 e. The molecule has 0 atom stereocenters. The van der Waals surface area contributed by atoms with Crippen molar-refractivity contribution in [2.45, 2.75) is 6.92 Å². The van der Waals surface area contributed by atoms with Crippen molar-refractivity contribution in [3.8, 4) is 5.75 Å². The molecular formula is C16H15NO3. The Morgan fingerprint density at radius 3 is 2.30 bits per heavy atom. The van der Waals surface area contributed by atoms with Crippen LogP contribution >= 0.6 is 0 Å². The van der Waals surface area contributed by atoms with E-state index in [2.05, 4.69) is 0 Å². The Morgan fingerprint density at radius 2 is 1.70 bits per heavy atom. The molecule has 0 unspecified atom stereocenters. The second kappa shape index (κ2) is 6.02. The van der Waals surface area contributed by atoms with Crippen LogP contribution in [0.4, 0.5) is 0 Å². The highest BCUT2D eigenvalue weighted by Gasteiger charge is 2.09. The summed E-state index contributed by atoms with van der Waals surface area (Å²) in [5.41, 5.74) is 7.13. The van der Waals surface area contributed by atoms with Gasteiger partial charge < -0.3 is 10.5 Å². The zero-order chi connectivity index (χ0) is 14.5. The third-order valence-corrected chi connectivity index (χ3v) is 2.95.